The lowest BCUT2D eigenvalue weighted by atomic mass is 10.3. The number of hydrogen-bond acceptors (Lipinski definition) is 5. The third kappa shape index (κ3) is 3.76. The van der Waals surface area contributed by atoms with Crippen LogP contribution in [0.1, 0.15) is 6.42 Å². The summed E-state index contributed by atoms with van der Waals surface area (Å²) in [5, 5.41) is 16.5. The Morgan fingerprint density at radius 1 is 1.26 bits per heavy atom. The number of nitrogens with zero attached hydrogens (tertiary/aromatic N) is 3. The minimum absolute atomic E-state index is 0.0325. The third-order valence-electron chi connectivity index (χ3n) is 2.48. The second-order valence-electron chi connectivity index (χ2n) is 3.91. The summed E-state index contributed by atoms with van der Waals surface area (Å²) in [5.74, 6) is 0.0325. The molecule has 8 heteroatoms. The van der Waals surface area contributed by atoms with Gasteiger partial charge in [-0.3, -0.25) is 4.68 Å². The van der Waals surface area contributed by atoms with E-state index >= 15 is 0 Å². The van der Waals surface area contributed by atoms with Crippen LogP contribution in [0, 0.1) is 0 Å². The van der Waals surface area contributed by atoms with Crippen LogP contribution in [-0.4, -0.2) is 35.1 Å². The second-order valence-corrected chi connectivity index (χ2v) is 5.68. The fraction of sp³-hybridized carbons (Fsp3) is 0.273. The summed E-state index contributed by atoms with van der Waals surface area (Å²) in [6, 6.07) is 5.39. The summed E-state index contributed by atoms with van der Waals surface area (Å²) >= 11 is 0. The van der Waals surface area contributed by atoms with Crippen molar-refractivity contribution in [2.24, 2.45) is 0 Å². The van der Waals surface area contributed by atoms with Crippen molar-refractivity contribution in [3.8, 4) is 5.75 Å². The largest absolute Gasteiger partial charge is 0.508 e. The fourth-order valence-corrected chi connectivity index (χ4v) is 2.58. The molecule has 0 aliphatic rings. The maximum Gasteiger partial charge on any atom is 0.240 e. The van der Waals surface area contributed by atoms with Gasteiger partial charge in [-0.2, -0.15) is 0 Å². The molecular weight excluding hydrogens is 268 g/mol. The molecule has 0 bridgehead atoms. The molecule has 0 aliphatic heterocycles. The Balaban J connectivity index is 1.86. The Morgan fingerprint density at radius 3 is 2.63 bits per heavy atom. The van der Waals surface area contributed by atoms with Crippen LogP contribution >= 0.6 is 0 Å². The molecule has 2 N–H and O–H groups in total. The van der Waals surface area contributed by atoms with E-state index < -0.39 is 10.0 Å². The lowest BCUT2D eigenvalue weighted by molar-refractivity contribution is 0.474. The van der Waals surface area contributed by atoms with Crippen LogP contribution in [0.25, 0.3) is 0 Å². The molecule has 0 saturated heterocycles. The van der Waals surface area contributed by atoms with Gasteiger partial charge < -0.3 is 5.11 Å². The normalized spacial score (nSPS) is 11.6. The molecule has 0 atom stereocenters. The number of hydrogen-bond donors (Lipinski definition) is 2. The fourth-order valence-electron chi connectivity index (χ4n) is 1.51. The van der Waals surface area contributed by atoms with E-state index in [9.17, 15) is 8.42 Å². The van der Waals surface area contributed by atoms with Gasteiger partial charge in [-0.15, -0.1) is 5.10 Å². The molecule has 1 aromatic heterocycles. The van der Waals surface area contributed by atoms with Gasteiger partial charge in [-0.25, -0.2) is 13.1 Å². The van der Waals surface area contributed by atoms with Crippen LogP contribution in [0.5, 0.6) is 5.75 Å². The van der Waals surface area contributed by atoms with Gasteiger partial charge in [0.15, 0.2) is 0 Å². The number of benzene rings is 1. The van der Waals surface area contributed by atoms with Gasteiger partial charge in [0.1, 0.15) is 5.75 Å². The van der Waals surface area contributed by atoms with Crippen LogP contribution in [0.2, 0.25) is 0 Å². The first-order valence-corrected chi connectivity index (χ1v) is 7.19. The molecule has 0 unspecified atom stereocenters. The van der Waals surface area contributed by atoms with Crippen molar-refractivity contribution in [3.63, 3.8) is 0 Å². The highest BCUT2D eigenvalue weighted by Crippen LogP contribution is 2.13. The van der Waals surface area contributed by atoms with Crippen molar-refractivity contribution in [1.29, 1.82) is 0 Å². The summed E-state index contributed by atoms with van der Waals surface area (Å²) in [7, 11) is -3.52. The average molecular weight is 282 g/mol. The zero-order valence-corrected chi connectivity index (χ0v) is 10.9. The zero-order chi connectivity index (χ0) is 13.7. The lowest BCUT2D eigenvalue weighted by Gasteiger charge is -2.06. The molecule has 0 amide bonds. The second kappa shape index (κ2) is 5.81. The van der Waals surface area contributed by atoms with Crippen molar-refractivity contribution in [3.05, 3.63) is 36.7 Å². The topological polar surface area (TPSA) is 97.1 Å². The average Bonchev–Trinajstić information content (AvgIpc) is 2.88. The molecule has 1 heterocycles. The van der Waals surface area contributed by atoms with Gasteiger partial charge in [-0.1, -0.05) is 5.21 Å². The Hall–Kier alpha value is -1.93. The van der Waals surface area contributed by atoms with Crippen molar-refractivity contribution >= 4 is 10.0 Å². The Kier molecular flexibility index (Phi) is 4.13. The number of rotatable bonds is 6. The molecule has 0 aliphatic carbocycles. The van der Waals surface area contributed by atoms with Crippen molar-refractivity contribution in [2.45, 2.75) is 17.9 Å². The van der Waals surface area contributed by atoms with E-state index in [0.29, 0.717) is 19.5 Å². The first-order chi connectivity index (χ1) is 9.08. The predicted molar refractivity (Wildman–Crippen MR) is 67.9 cm³/mol. The summed E-state index contributed by atoms with van der Waals surface area (Å²) in [6.07, 6.45) is 3.90. The van der Waals surface area contributed by atoms with Gasteiger partial charge in [0.25, 0.3) is 0 Å². The maximum absolute atomic E-state index is 11.9. The number of nitrogens with one attached hydrogen (secondary N) is 1. The van der Waals surface area contributed by atoms with E-state index in [1.54, 1.807) is 17.1 Å². The molecule has 19 heavy (non-hydrogen) atoms. The smallest absolute Gasteiger partial charge is 0.240 e. The Bertz CT molecular complexity index is 608. The Morgan fingerprint density at radius 2 is 2.00 bits per heavy atom. The molecule has 102 valence electrons. The molecule has 0 fully saturated rings. The lowest BCUT2D eigenvalue weighted by Crippen LogP contribution is -2.25. The van der Waals surface area contributed by atoms with E-state index in [1.807, 2.05) is 0 Å². The van der Waals surface area contributed by atoms with E-state index in [4.69, 9.17) is 5.11 Å². The molecule has 0 spiro atoms. The van der Waals surface area contributed by atoms with Gasteiger partial charge in [0.05, 0.1) is 11.1 Å². The highest BCUT2D eigenvalue weighted by molar-refractivity contribution is 7.89. The SMILES string of the molecule is O=S(=O)(NCCCn1ccnn1)c1ccc(O)cc1. The molecule has 1 aromatic carbocycles. The van der Waals surface area contributed by atoms with Crippen molar-refractivity contribution in [2.75, 3.05) is 6.54 Å². The summed E-state index contributed by atoms with van der Waals surface area (Å²) in [6.45, 7) is 0.904. The van der Waals surface area contributed by atoms with Crippen LogP contribution in [0.15, 0.2) is 41.6 Å². The van der Waals surface area contributed by atoms with Gasteiger partial charge in [-0.05, 0) is 30.7 Å². The summed E-state index contributed by atoms with van der Waals surface area (Å²) < 4.78 is 27.9. The molecule has 2 aromatic rings. The standard InChI is InChI=1S/C11H14N4O3S/c16-10-2-4-11(5-3-10)19(17,18)13-6-1-8-15-9-7-12-14-15/h2-5,7,9,13,16H,1,6,8H2. The Labute approximate surface area is 110 Å². The highest BCUT2D eigenvalue weighted by Gasteiger charge is 2.12. The number of phenols is 1. The number of phenolic OH excluding ortho intramolecular Hbond substituents is 1. The van der Waals surface area contributed by atoms with Gasteiger partial charge >= 0.3 is 0 Å². The minimum atomic E-state index is -3.52. The van der Waals surface area contributed by atoms with E-state index in [0.717, 1.165) is 0 Å². The number of aromatic hydroxyl groups is 1. The predicted octanol–water partition coefficient (Wildman–Crippen LogP) is 0.352. The van der Waals surface area contributed by atoms with Crippen LogP contribution < -0.4 is 4.72 Å². The van der Waals surface area contributed by atoms with Crippen LogP contribution in [0.3, 0.4) is 0 Å². The molecule has 0 radical (unpaired) electrons. The van der Waals surface area contributed by atoms with Gasteiger partial charge in [0.2, 0.25) is 10.0 Å². The quantitative estimate of drug-likeness (QED) is 0.745. The molecule has 2 rings (SSSR count). The number of aromatic nitrogens is 3. The van der Waals surface area contributed by atoms with Crippen molar-refractivity contribution < 1.29 is 13.5 Å². The summed E-state index contributed by atoms with van der Waals surface area (Å²) in [4.78, 5) is 0.131. The highest BCUT2D eigenvalue weighted by atomic mass is 32.2. The van der Waals surface area contributed by atoms with E-state index in [-0.39, 0.29) is 10.6 Å². The molecule has 0 saturated carbocycles. The number of aryl methyl sites for hydroxylation is 1. The van der Waals surface area contributed by atoms with Crippen molar-refractivity contribution in [1.82, 2.24) is 19.7 Å². The van der Waals surface area contributed by atoms with Gasteiger partial charge in [0, 0.05) is 19.3 Å². The molecular formula is C11H14N4O3S. The monoisotopic (exact) mass is 282 g/mol. The van der Waals surface area contributed by atoms with Crippen LogP contribution in [0.4, 0.5) is 0 Å². The van der Waals surface area contributed by atoms with E-state index in [2.05, 4.69) is 15.0 Å². The number of sulfonamides is 1. The third-order valence-corrected chi connectivity index (χ3v) is 3.95. The minimum Gasteiger partial charge on any atom is -0.508 e. The maximum atomic E-state index is 11.9. The molecule has 7 nitrogen and oxygen atoms in total. The summed E-state index contributed by atoms with van der Waals surface area (Å²) in [5.41, 5.74) is 0. The first-order valence-electron chi connectivity index (χ1n) is 5.71. The van der Waals surface area contributed by atoms with Crippen LogP contribution in [-0.2, 0) is 16.6 Å². The van der Waals surface area contributed by atoms with E-state index in [1.165, 1.54) is 24.3 Å². The first kappa shape index (κ1) is 13.5. The zero-order valence-electron chi connectivity index (χ0n) is 10.1.